The molecule has 8 heteroatoms. The maximum atomic E-state index is 13.3. The number of hydrogen-bond acceptors (Lipinski definition) is 4. The number of alkyl halides is 1. The third-order valence-corrected chi connectivity index (χ3v) is 5.32. The lowest BCUT2D eigenvalue weighted by atomic mass is 9.97. The lowest BCUT2D eigenvalue weighted by Gasteiger charge is -2.24. The van der Waals surface area contributed by atoms with E-state index in [1.165, 1.54) is 12.1 Å². The fourth-order valence-electron chi connectivity index (χ4n) is 2.49. The Morgan fingerprint density at radius 1 is 1.37 bits per heavy atom. The Labute approximate surface area is 169 Å². The van der Waals surface area contributed by atoms with Crippen molar-refractivity contribution in [3.05, 3.63) is 47.9 Å². The second-order valence-corrected chi connectivity index (χ2v) is 9.48. The molecule has 2 heterocycles. The van der Waals surface area contributed by atoms with Crippen LogP contribution in [0, 0.1) is 23.1 Å². The van der Waals surface area contributed by atoms with Crippen molar-refractivity contribution in [2.45, 2.75) is 24.2 Å². The summed E-state index contributed by atoms with van der Waals surface area (Å²) in [5, 5.41) is 12.0. The number of carbonyl (C=O) groups is 1. The van der Waals surface area contributed by atoms with Crippen LogP contribution in [0.2, 0.25) is 0 Å². The molecule has 1 amide bonds. The topological polar surface area (TPSA) is 83.6 Å². The normalized spacial score (nSPS) is 12.6. The number of imidazole rings is 1. The van der Waals surface area contributed by atoms with Crippen molar-refractivity contribution in [1.29, 1.82) is 5.26 Å². The number of nitrogens with zero attached hydrogens (tertiary/aromatic N) is 4. The highest BCUT2D eigenvalue weighted by atomic mass is 127. The summed E-state index contributed by atoms with van der Waals surface area (Å²) in [5.74, 6) is -0.259. The van der Waals surface area contributed by atoms with Gasteiger partial charge in [-0.25, -0.2) is 14.4 Å². The molecule has 27 heavy (non-hydrogen) atoms. The van der Waals surface area contributed by atoms with E-state index in [0.717, 1.165) is 6.20 Å². The molecule has 0 fully saturated rings. The molecule has 1 N–H and O–H groups in total. The Balaban J connectivity index is 2.14. The van der Waals surface area contributed by atoms with Gasteiger partial charge in [-0.2, -0.15) is 5.26 Å². The van der Waals surface area contributed by atoms with Gasteiger partial charge >= 0.3 is 0 Å². The number of fused-ring (bicyclic) bond motifs is 1. The molecule has 0 radical (unpaired) electrons. The minimum atomic E-state index is -0.466. The minimum absolute atomic E-state index is 0.187. The van der Waals surface area contributed by atoms with Gasteiger partial charge in [0, 0.05) is 9.34 Å². The Kier molecular flexibility index (Phi) is 5.15. The second kappa shape index (κ2) is 7.23. The molecular formula is C19H17FIN5O. The average molecular weight is 477 g/mol. The minimum Gasteiger partial charge on any atom is -0.295 e. The molecule has 0 saturated heterocycles. The van der Waals surface area contributed by atoms with Crippen molar-refractivity contribution in [3.63, 3.8) is 0 Å². The maximum Gasteiger partial charge on any atom is 0.230 e. The smallest absolute Gasteiger partial charge is 0.230 e. The zero-order chi connectivity index (χ0) is 19.8. The third-order valence-electron chi connectivity index (χ3n) is 4.38. The SMILES string of the molecule is C[C@H](C(=O)Nc1nc2ccc(C#N)cc2n1-c1ccc(F)cn1)C(C)(C)I. The Hall–Kier alpha value is -2.54. The average Bonchev–Trinajstić information content (AvgIpc) is 2.97. The molecule has 0 aliphatic heterocycles. The molecule has 3 aromatic rings. The number of anilines is 1. The first kappa shape index (κ1) is 19.2. The Bertz CT molecular complexity index is 1050. The first-order chi connectivity index (χ1) is 12.7. The maximum absolute atomic E-state index is 13.3. The Morgan fingerprint density at radius 3 is 2.70 bits per heavy atom. The van der Waals surface area contributed by atoms with Crippen LogP contribution in [0.4, 0.5) is 10.3 Å². The second-order valence-electron chi connectivity index (χ2n) is 6.70. The third kappa shape index (κ3) is 3.93. The highest BCUT2D eigenvalue weighted by Crippen LogP contribution is 2.29. The van der Waals surface area contributed by atoms with Gasteiger partial charge < -0.3 is 0 Å². The summed E-state index contributed by atoms with van der Waals surface area (Å²) in [6.07, 6.45) is 1.09. The van der Waals surface area contributed by atoms with Crippen molar-refractivity contribution in [2.75, 3.05) is 5.32 Å². The van der Waals surface area contributed by atoms with Gasteiger partial charge in [-0.05, 0) is 30.3 Å². The summed E-state index contributed by atoms with van der Waals surface area (Å²) in [6.45, 7) is 5.79. The van der Waals surface area contributed by atoms with Crippen molar-refractivity contribution < 1.29 is 9.18 Å². The molecule has 6 nitrogen and oxygen atoms in total. The molecule has 0 aliphatic rings. The fourth-order valence-corrected chi connectivity index (χ4v) is 2.77. The highest BCUT2D eigenvalue weighted by Gasteiger charge is 2.29. The molecule has 0 bridgehead atoms. The number of benzene rings is 1. The van der Waals surface area contributed by atoms with Gasteiger partial charge in [-0.3, -0.25) is 14.7 Å². The molecular weight excluding hydrogens is 460 g/mol. The van der Waals surface area contributed by atoms with Gasteiger partial charge in [0.2, 0.25) is 11.9 Å². The summed E-state index contributed by atoms with van der Waals surface area (Å²) in [6, 6.07) is 9.88. The number of pyridine rings is 1. The van der Waals surface area contributed by atoms with Gasteiger partial charge in [-0.1, -0.05) is 43.4 Å². The number of nitriles is 1. The molecule has 1 aromatic carbocycles. The van der Waals surface area contributed by atoms with Crippen molar-refractivity contribution in [2.24, 2.45) is 5.92 Å². The Morgan fingerprint density at radius 2 is 2.11 bits per heavy atom. The number of amides is 1. The van der Waals surface area contributed by atoms with Crippen LogP contribution in [-0.4, -0.2) is 23.9 Å². The quantitative estimate of drug-likeness (QED) is 0.451. The van der Waals surface area contributed by atoms with Gasteiger partial charge in [-0.15, -0.1) is 0 Å². The van der Waals surface area contributed by atoms with Crippen molar-refractivity contribution >= 4 is 45.5 Å². The van der Waals surface area contributed by atoms with Crippen LogP contribution in [0.15, 0.2) is 36.5 Å². The standard InChI is InChI=1S/C19H17FIN5O/c1-11(19(2,3)21)17(27)25-18-24-14-6-4-12(9-22)8-15(14)26(18)16-7-5-13(20)10-23-16/h4-8,10-11H,1-3H3,(H,24,25,27)/t11-/m1/s1. The monoisotopic (exact) mass is 477 g/mol. The first-order valence-corrected chi connectivity index (χ1v) is 9.33. The van der Waals surface area contributed by atoms with Crippen LogP contribution < -0.4 is 5.32 Å². The zero-order valence-corrected chi connectivity index (χ0v) is 17.2. The number of hydrogen-bond donors (Lipinski definition) is 1. The number of carbonyl (C=O) groups excluding carboxylic acids is 1. The summed E-state index contributed by atoms with van der Waals surface area (Å²) >= 11 is 2.23. The molecule has 138 valence electrons. The van der Waals surface area contributed by atoms with E-state index < -0.39 is 5.82 Å². The van der Waals surface area contributed by atoms with Crippen molar-refractivity contribution in [3.8, 4) is 11.9 Å². The number of nitrogens with one attached hydrogen (secondary N) is 1. The van der Waals surface area contributed by atoms with E-state index in [1.54, 1.807) is 22.8 Å². The first-order valence-electron chi connectivity index (χ1n) is 8.25. The lowest BCUT2D eigenvalue weighted by molar-refractivity contribution is -0.119. The molecule has 0 unspecified atom stereocenters. The number of rotatable bonds is 4. The molecule has 1 atom stereocenters. The lowest BCUT2D eigenvalue weighted by Crippen LogP contribution is -2.34. The van der Waals surface area contributed by atoms with Gasteiger partial charge in [0.1, 0.15) is 11.6 Å². The van der Waals surface area contributed by atoms with Crippen LogP contribution in [0.25, 0.3) is 16.9 Å². The summed E-state index contributed by atoms with van der Waals surface area (Å²) in [7, 11) is 0. The van der Waals surface area contributed by atoms with E-state index in [9.17, 15) is 14.4 Å². The van der Waals surface area contributed by atoms with Crippen LogP contribution in [0.5, 0.6) is 0 Å². The number of aromatic nitrogens is 3. The fraction of sp³-hybridized carbons (Fsp3) is 0.263. The van der Waals surface area contributed by atoms with Gasteiger partial charge in [0.25, 0.3) is 0 Å². The van der Waals surface area contributed by atoms with Gasteiger partial charge in [0.05, 0.1) is 28.9 Å². The van der Waals surface area contributed by atoms with E-state index in [4.69, 9.17) is 0 Å². The van der Waals surface area contributed by atoms with Crippen LogP contribution in [0.3, 0.4) is 0 Å². The number of halogens is 2. The summed E-state index contributed by atoms with van der Waals surface area (Å²) in [4.78, 5) is 21.3. The van der Waals surface area contributed by atoms with Gasteiger partial charge in [0.15, 0.2) is 0 Å². The molecule has 0 spiro atoms. The zero-order valence-electron chi connectivity index (χ0n) is 15.0. The summed E-state index contributed by atoms with van der Waals surface area (Å²) in [5.41, 5.74) is 1.65. The molecule has 2 aromatic heterocycles. The molecule has 0 saturated carbocycles. The van der Waals surface area contributed by atoms with E-state index in [0.29, 0.717) is 22.4 Å². The van der Waals surface area contributed by atoms with E-state index in [2.05, 4.69) is 43.9 Å². The van der Waals surface area contributed by atoms with E-state index >= 15 is 0 Å². The summed E-state index contributed by atoms with van der Waals surface area (Å²) < 4.78 is 14.7. The predicted molar refractivity (Wildman–Crippen MR) is 109 cm³/mol. The molecule has 0 aliphatic carbocycles. The van der Waals surface area contributed by atoms with Crippen molar-refractivity contribution in [1.82, 2.24) is 14.5 Å². The van der Waals surface area contributed by atoms with Crippen LogP contribution >= 0.6 is 22.6 Å². The highest BCUT2D eigenvalue weighted by molar-refractivity contribution is 14.1. The van der Waals surface area contributed by atoms with E-state index in [1.807, 2.05) is 20.8 Å². The largest absolute Gasteiger partial charge is 0.295 e. The van der Waals surface area contributed by atoms with E-state index in [-0.39, 0.29) is 21.2 Å². The van der Waals surface area contributed by atoms with Crippen LogP contribution in [0.1, 0.15) is 26.3 Å². The predicted octanol–water partition coefficient (Wildman–Crippen LogP) is 4.22. The van der Waals surface area contributed by atoms with Crippen LogP contribution in [-0.2, 0) is 4.79 Å². The molecule has 3 rings (SSSR count).